The second-order valence-corrected chi connectivity index (χ2v) is 5.46. The average Bonchev–Trinajstić information content (AvgIpc) is 2.88. The topological polar surface area (TPSA) is 54.0 Å². The van der Waals surface area contributed by atoms with Gasteiger partial charge in [0.1, 0.15) is 11.0 Å². The lowest BCUT2D eigenvalue weighted by atomic mass is 10.2. The maximum absolute atomic E-state index is 13.1. The van der Waals surface area contributed by atoms with Gasteiger partial charge in [-0.2, -0.15) is 10.4 Å². The highest BCUT2D eigenvalue weighted by Crippen LogP contribution is 2.23. The first kappa shape index (κ1) is 15.9. The molecule has 0 fully saturated rings. The predicted molar refractivity (Wildman–Crippen MR) is 91.7 cm³/mol. The highest BCUT2D eigenvalue weighted by molar-refractivity contribution is 6.32. The first-order valence-electron chi connectivity index (χ1n) is 7.14. The zero-order chi connectivity index (χ0) is 17.1. The van der Waals surface area contributed by atoms with Crippen LogP contribution in [0.4, 0.5) is 10.1 Å². The third kappa shape index (κ3) is 3.19. The summed E-state index contributed by atoms with van der Waals surface area (Å²) in [6.07, 6.45) is 1.61. The number of aliphatic imine (C=N–C) groups is 1. The van der Waals surface area contributed by atoms with Gasteiger partial charge in [0, 0.05) is 6.21 Å². The van der Waals surface area contributed by atoms with Crippen LogP contribution in [-0.2, 0) is 0 Å². The largest absolute Gasteiger partial charge is 0.256 e. The van der Waals surface area contributed by atoms with E-state index in [9.17, 15) is 4.39 Å². The molecular formula is C18H12ClFN4. The maximum Gasteiger partial charge on any atom is 0.141 e. The average molecular weight is 339 g/mol. The number of nitriles is 1. The third-order valence-electron chi connectivity index (χ3n) is 3.44. The van der Waals surface area contributed by atoms with Crippen molar-refractivity contribution in [3.63, 3.8) is 0 Å². The van der Waals surface area contributed by atoms with Gasteiger partial charge in [-0.3, -0.25) is 4.99 Å². The molecule has 0 spiro atoms. The van der Waals surface area contributed by atoms with Crippen molar-refractivity contribution in [3.8, 4) is 11.8 Å². The summed E-state index contributed by atoms with van der Waals surface area (Å²) in [7, 11) is 0. The van der Waals surface area contributed by atoms with Crippen LogP contribution in [0.25, 0.3) is 5.69 Å². The summed E-state index contributed by atoms with van der Waals surface area (Å²) < 4.78 is 14.6. The van der Waals surface area contributed by atoms with Crippen molar-refractivity contribution in [3.05, 3.63) is 76.3 Å². The summed E-state index contributed by atoms with van der Waals surface area (Å²) in [5.74, 6) is -0.321. The number of hydrogen-bond donors (Lipinski definition) is 0. The summed E-state index contributed by atoms with van der Waals surface area (Å²) >= 11 is 6.39. The Morgan fingerprint density at radius 1 is 1.25 bits per heavy atom. The van der Waals surface area contributed by atoms with E-state index >= 15 is 0 Å². The number of hydrogen-bond acceptors (Lipinski definition) is 3. The fraction of sp³-hybridized carbons (Fsp3) is 0.0556. The lowest BCUT2D eigenvalue weighted by Gasteiger charge is -2.02. The molecule has 3 rings (SSSR count). The van der Waals surface area contributed by atoms with Crippen molar-refractivity contribution in [2.45, 2.75) is 6.92 Å². The van der Waals surface area contributed by atoms with Gasteiger partial charge in [0.2, 0.25) is 0 Å². The van der Waals surface area contributed by atoms with Crippen LogP contribution in [-0.4, -0.2) is 16.0 Å². The molecule has 0 aliphatic rings. The summed E-state index contributed by atoms with van der Waals surface area (Å²) in [5, 5.41) is 13.7. The summed E-state index contributed by atoms with van der Waals surface area (Å²) in [6, 6.07) is 14.9. The maximum atomic E-state index is 13.1. The van der Waals surface area contributed by atoms with Gasteiger partial charge < -0.3 is 0 Å². The van der Waals surface area contributed by atoms with Gasteiger partial charge in [-0.1, -0.05) is 17.7 Å². The van der Waals surface area contributed by atoms with Crippen molar-refractivity contribution in [1.82, 2.24) is 9.78 Å². The zero-order valence-electron chi connectivity index (χ0n) is 12.7. The predicted octanol–water partition coefficient (Wildman–Crippen LogP) is 4.60. The van der Waals surface area contributed by atoms with Crippen LogP contribution >= 0.6 is 11.6 Å². The second-order valence-electron chi connectivity index (χ2n) is 5.10. The molecule has 0 saturated heterocycles. The van der Waals surface area contributed by atoms with Crippen LogP contribution in [0.2, 0.25) is 5.15 Å². The molecule has 0 bridgehead atoms. The molecule has 0 saturated carbocycles. The molecule has 0 aliphatic carbocycles. The number of aryl methyl sites for hydroxylation is 1. The minimum absolute atomic E-state index is 0.321. The van der Waals surface area contributed by atoms with Gasteiger partial charge in [0.25, 0.3) is 0 Å². The number of aromatic nitrogens is 2. The molecule has 1 aromatic heterocycles. The Morgan fingerprint density at radius 3 is 2.71 bits per heavy atom. The lowest BCUT2D eigenvalue weighted by molar-refractivity contribution is 0.627. The minimum atomic E-state index is -0.321. The van der Waals surface area contributed by atoms with Crippen LogP contribution in [0.1, 0.15) is 16.8 Å². The Kier molecular flexibility index (Phi) is 4.41. The van der Waals surface area contributed by atoms with E-state index in [-0.39, 0.29) is 5.82 Å². The normalized spacial score (nSPS) is 10.9. The van der Waals surface area contributed by atoms with E-state index in [2.05, 4.69) is 16.2 Å². The van der Waals surface area contributed by atoms with E-state index < -0.39 is 0 Å². The van der Waals surface area contributed by atoms with Crippen LogP contribution < -0.4 is 0 Å². The van der Waals surface area contributed by atoms with Crippen molar-refractivity contribution in [2.75, 3.05) is 0 Å². The van der Waals surface area contributed by atoms with E-state index in [1.165, 1.54) is 16.8 Å². The number of nitrogens with zero attached hydrogens (tertiary/aromatic N) is 4. The Labute approximate surface area is 143 Å². The van der Waals surface area contributed by atoms with E-state index in [1.807, 2.05) is 6.92 Å². The fourth-order valence-corrected chi connectivity index (χ4v) is 2.53. The minimum Gasteiger partial charge on any atom is -0.256 e. The standard InChI is InChI=1S/C18H12ClFN4/c1-12-17(11-22-15-4-2-3-13(9-15)10-21)18(19)24(23-12)16-7-5-14(20)6-8-16/h2-9,11H,1H3. The van der Waals surface area contributed by atoms with Crippen molar-refractivity contribution < 1.29 is 4.39 Å². The van der Waals surface area contributed by atoms with Crippen LogP contribution in [0, 0.1) is 24.1 Å². The molecular weight excluding hydrogens is 327 g/mol. The fourth-order valence-electron chi connectivity index (χ4n) is 2.21. The van der Waals surface area contributed by atoms with Crippen LogP contribution in [0.3, 0.4) is 0 Å². The molecule has 0 atom stereocenters. The first-order chi connectivity index (χ1) is 11.6. The Hall–Kier alpha value is -2.97. The molecule has 6 heteroatoms. The molecule has 0 unspecified atom stereocenters. The quantitative estimate of drug-likeness (QED) is 0.655. The van der Waals surface area contributed by atoms with E-state index in [0.717, 1.165) is 0 Å². The molecule has 0 radical (unpaired) electrons. The van der Waals surface area contributed by atoms with E-state index in [4.69, 9.17) is 16.9 Å². The molecule has 24 heavy (non-hydrogen) atoms. The smallest absolute Gasteiger partial charge is 0.141 e. The highest BCUT2D eigenvalue weighted by Gasteiger charge is 2.13. The molecule has 118 valence electrons. The summed E-state index contributed by atoms with van der Waals surface area (Å²) in [5.41, 5.74) is 3.22. The number of benzene rings is 2. The molecule has 0 aliphatic heterocycles. The Morgan fingerprint density at radius 2 is 2.00 bits per heavy atom. The van der Waals surface area contributed by atoms with Gasteiger partial charge in [0.05, 0.1) is 34.3 Å². The zero-order valence-corrected chi connectivity index (χ0v) is 13.5. The molecule has 0 N–H and O–H groups in total. The van der Waals surface area contributed by atoms with E-state index in [0.29, 0.717) is 33.3 Å². The summed E-state index contributed by atoms with van der Waals surface area (Å²) in [4.78, 5) is 4.35. The summed E-state index contributed by atoms with van der Waals surface area (Å²) in [6.45, 7) is 1.82. The third-order valence-corrected chi connectivity index (χ3v) is 3.80. The van der Waals surface area contributed by atoms with E-state index in [1.54, 1.807) is 42.6 Å². The molecule has 0 amide bonds. The highest BCUT2D eigenvalue weighted by atomic mass is 35.5. The molecule has 1 heterocycles. The van der Waals surface area contributed by atoms with Crippen LogP contribution in [0.15, 0.2) is 53.5 Å². The van der Waals surface area contributed by atoms with Gasteiger partial charge in [-0.25, -0.2) is 9.07 Å². The molecule has 3 aromatic rings. The first-order valence-corrected chi connectivity index (χ1v) is 7.51. The van der Waals surface area contributed by atoms with Gasteiger partial charge >= 0.3 is 0 Å². The van der Waals surface area contributed by atoms with Gasteiger partial charge in [-0.15, -0.1) is 0 Å². The number of halogens is 2. The van der Waals surface area contributed by atoms with Crippen molar-refractivity contribution in [1.29, 1.82) is 5.26 Å². The number of rotatable bonds is 3. The lowest BCUT2D eigenvalue weighted by Crippen LogP contribution is -1.96. The second kappa shape index (κ2) is 6.65. The monoisotopic (exact) mass is 338 g/mol. The van der Waals surface area contributed by atoms with Gasteiger partial charge in [0.15, 0.2) is 0 Å². The molecule has 2 aromatic carbocycles. The van der Waals surface area contributed by atoms with Gasteiger partial charge in [-0.05, 0) is 49.4 Å². The van der Waals surface area contributed by atoms with Crippen LogP contribution in [0.5, 0.6) is 0 Å². The van der Waals surface area contributed by atoms with Crippen molar-refractivity contribution >= 4 is 23.5 Å². The SMILES string of the molecule is Cc1nn(-c2ccc(F)cc2)c(Cl)c1C=Nc1cccc(C#N)c1. The molecule has 4 nitrogen and oxygen atoms in total. The van der Waals surface area contributed by atoms with Crippen molar-refractivity contribution in [2.24, 2.45) is 4.99 Å². The Balaban J connectivity index is 1.96. The Bertz CT molecular complexity index is 952.